The number of hydrogen-bond donors (Lipinski definition) is 1. The fourth-order valence-corrected chi connectivity index (χ4v) is 3.65. The topological polar surface area (TPSA) is 51.7 Å². The number of nitrogens with zero attached hydrogens (tertiary/aromatic N) is 1. The Morgan fingerprint density at radius 2 is 0.839 bits per heavy atom. The monoisotopic (exact) mass is 511 g/mol. The van der Waals surface area contributed by atoms with E-state index < -0.39 is 0 Å². The van der Waals surface area contributed by atoms with Crippen molar-refractivity contribution in [1.29, 1.82) is 0 Å². The summed E-state index contributed by atoms with van der Waals surface area (Å²) in [6.07, 6.45) is 26.3. The first-order valence-electron chi connectivity index (χ1n) is 13.3. The molecule has 1 unspecified atom stereocenters. The second-order valence-electron chi connectivity index (χ2n) is 10.3. The molecule has 0 aromatic heterocycles. The van der Waals surface area contributed by atoms with Crippen LogP contribution in [-0.4, -0.2) is 48.9 Å². The highest BCUT2D eigenvalue weighted by Gasteiger charge is 2.04. The maximum atomic E-state index is 8.85. The zero-order valence-electron chi connectivity index (χ0n) is 22.5. The Balaban J connectivity index is -0.000000282. The minimum Gasteiger partial charge on any atom is -1.00 e. The fraction of sp³-hybridized carbons (Fsp3) is 1.00. The van der Waals surface area contributed by atoms with Crippen molar-refractivity contribution in [3.63, 3.8) is 0 Å². The van der Waals surface area contributed by atoms with E-state index in [1.165, 1.54) is 122 Å². The van der Waals surface area contributed by atoms with Crippen LogP contribution in [0, 0.1) is 0 Å². The SMILES string of the molecule is CCCCCCC(C)O.CCCCCCCCCCCCCCCC[N+](C)(C)C.O.[Br-]. The molecule has 1 atom stereocenters. The lowest BCUT2D eigenvalue weighted by atomic mass is 10.0. The van der Waals surface area contributed by atoms with Crippen molar-refractivity contribution < 1.29 is 32.0 Å². The van der Waals surface area contributed by atoms with E-state index in [9.17, 15) is 0 Å². The van der Waals surface area contributed by atoms with Gasteiger partial charge >= 0.3 is 0 Å². The van der Waals surface area contributed by atoms with Crippen molar-refractivity contribution in [2.24, 2.45) is 0 Å². The minimum atomic E-state index is -0.0955. The van der Waals surface area contributed by atoms with Crippen LogP contribution < -0.4 is 17.0 Å². The number of halogens is 1. The van der Waals surface area contributed by atoms with Gasteiger partial charge in [-0.1, -0.05) is 117 Å². The predicted molar refractivity (Wildman–Crippen MR) is 137 cm³/mol. The van der Waals surface area contributed by atoms with Gasteiger partial charge < -0.3 is 32.0 Å². The number of hydrogen-bond acceptors (Lipinski definition) is 1. The summed E-state index contributed by atoms with van der Waals surface area (Å²) in [5.74, 6) is 0. The van der Waals surface area contributed by atoms with E-state index in [0.29, 0.717) is 0 Å². The Hall–Kier alpha value is 0.360. The van der Waals surface area contributed by atoms with Crippen molar-refractivity contribution in [3.8, 4) is 0 Å². The second-order valence-corrected chi connectivity index (χ2v) is 10.3. The summed E-state index contributed by atoms with van der Waals surface area (Å²) in [4.78, 5) is 0. The maximum absolute atomic E-state index is 8.85. The second kappa shape index (κ2) is 30.4. The maximum Gasteiger partial charge on any atom is 0.0780 e. The third-order valence-electron chi connectivity index (χ3n) is 5.66. The van der Waals surface area contributed by atoms with E-state index in [1.54, 1.807) is 0 Å². The summed E-state index contributed by atoms with van der Waals surface area (Å²) in [5.41, 5.74) is 0. The number of aliphatic hydroxyl groups excluding tert-OH is 1. The molecule has 3 nitrogen and oxygen atoms in total. The molecule has 0 aliphatic carbocycles. The average Bonchev–Trinajstić information content (AvgIpc) is 2.65. The largest absolute Gasteiger partial charge is 1.00 e. The lowest BCUT2D eigenvalue weighted by Gasteiger charge is -2.23. The van der Waals surface area contributed by atoms with Gasteiger partial charge in [0.05, 0.1) is 33.8 Å². The van der Waals surface area contributed by atoms with Crippen LogP contribution in [0.25, 0.3) is 0 Å². The van der Waals surface area contributed by atoms with Crippen LogP contribution in [0.3, 0.4) is 0 Å². The molecule has 0 fully saturated rings. The Labute approximate surface area is 208 Å². The standard InChI is InChI=1S/C19H42N.C8H18O.BrH.H2O/c1-5-6-7-8-9-10-11-12-13-14-15-16-17-18-19-20(2,3)4;1-3-4-5-6-7-8(2)9;;/h5-19H2,1-4H3;8-9H,3-7H2,1-2H3;1H;1H2/q+1;;;/p-1. The Morgan fingerprint density at radius 1 is 0.548 bits per heavy atom. The fourth-order valence-electron chi connectivity index (χ4n) is 3.65. The highest BCUT2D eigenvalue weighted by molar-refractivity contribution is 4.49. The first-order chi connectivity index (χ1) is 13.8. The zero-order chi connectivity index (χ0) is 22.2. The molecular formula is C27H62BrNO2. The van der Waals surface area contributed by atoms with E-state index in [4.69, 9.17) is 5.11 Å². The van der Waals surface area contributed by atoms with Gasteiger partial charge in [0.2, 0.25) is 0 Å². The average molecular weight is 513 g/mol. The highest BCUT2D eigenvalue weighted by Crippen LogP contribution is 2.13. The summed E-state index contributed by atoms with van der Waals surface area (Å²) >= 11 is 0. The van der Waals surface area contributed by atoms with Crippen LogP contribution in [0.1, 0.15) is 143 Å². The van der Waals surface area contributed by atoms with Crippen LogP contribution in [0.5, 0.6) is 0 Å². The third kappa shape index (κ3) is 44.7. The van der Waals surface area contributed by atoms with Gasteiger partial charge in [-0.15, -0.1) is 0 Å². The van der Waals surface area contributed by atoms with Crippen LogP contribution in [0.4, 0.5) is 0 Å². The van der Waals surface area contributed by atoms with Crippen molar-refractivity contribution in [1.82, 2.24) is 0 Å². The Morgan fingerprint density at radius 3 is 1.13 bits per heavy atom. The summed E-state index contributed by atoms with van der Waals surface area (Å²) in [6, 6.07) is 0. The summed E-state index contributed by atoms with van der Waals surface area (Å²) in [7, 11) is 6.88. The molecule has 0 aliphatic rings. The van der Waals surface area contributed by atoms with Crippen molar-refractivity contribution in [2.45, 2.75) is 149 Å². The lowest BCUT2D eigenvalue weighted by Crippen LogP contribution is -3.00. The number of unbranched alkanes of at least 4 members (excludes halogenated alkanes) is 16. The van der Waals surface area contributed by atoms with Crippen LogP contribution in [0.2, 0.25) is 0 Å². The Kier molecular flexibility index (Phi) is 37.8. The predicted octanol–water partition coefficient (Wildman–Crippen LogP) is 4.69. The van der Waals surface area contributed by atoms with E-state index in [2.05, 4.69) is 35.0 Å². The molecule has 194 valence electrons. The van der Waals surface area contributed by atoms with Crippen LogP contribution in [-0.2, 0) is 0 Å². The van der Waals surface area contributed by atoms with Gasteiger partial charge in [0.1, 0.15) is 0 Å². The smallest absolute Gasteiger partial charge is 0.0780 e. The molecule has 0 amide bonds. The molecule has 0 saturated heterocycles. The van der Waals surface area contributed by atoms with E-state index in [-0.39, 0.29) is 28.6 Å². The van der Waals surface area contributed by atoms with E-state index >= 15 is 0 Å². The molecule has 0 aliphatic heterocycles. The molecule has 0 aromatic rings. The molecule has 0 saturated carbocycles. The van der Waals surface area contributed by atoms with Gasteiger partial charge in [-0.3, -0.25) is 0 Å². The van der Waals surface area contributed by atoms with Crippen molar-refractivity contribution in [3.05, 3.63) is 0 Å². The van der Waals surface area contributed by atoms with Crippen LogP contribution >= 0.6 is 0 Å². The van der Waals surface area contributed by atoms with Gasteiger partial charge in [0.25, 0.3) is 0 Å². The van der Waals surface area contributed by atoms with Crippen molar-refractivity contribution in [2.75, 3.05) is 27.7 Å². The first-order valence-corrected chi connectivity index (χ1v) is 13.3. The summed E-state index contributed by atoms with van der Waals surface area (Å²) in [6.45, 7) is 7.68. The number of rotatable bonds is 20. The first kappa shape index (κ1) is 38.6. The molecule has 0 aromatic carbocycles. The summed E-state index contributed by atoms with van der Waals surface area (Å²) < 4.78 is 1.12. The molecule has 0 spiro atoms. The lowest BCUT2D eigenvalue weighted by molar-refractivity contribution is -0.870. The molecule has 0 radical (unpaired) electrons. The van der Waals surface area contributed by atoms with Gasteiger partial charge in [-0.25, -0.2) is 0 Å². The van der Waals surface area contributed by atoms with Gasteiger partial charge in [0.15, 0.2) is 0 Å². The molecule has 4 heteroatoms. The molecule has 0 bridgehead atoms. The minimum absolute atomic E-state index is 0. The van der Waals surface area contributed by atoms with Crippen molar-refractivity contribution >= 4 is 0 Å². The van der Waals surface area contributed by atoms with Gasteiger partial charge in [-0.2, -0.15) is 0 Å². The molecule has 31 heavy (non-hydrogen) atoms. The van der Waals surface area contributed by atoms with E-state index in [1.807, 2.05) is 6.92 Å². The molecule has 3 N–H and O–H groups in total. The number of quaternary nitrogens is 1. The van der Waals surface area contributed by atoms with E-state index in [0.717, 1.165) is 10.9 Å². The molecular weight excluding hydrogens is 450 g/mol. The molecule has 0 rings (SSSR count). The van der Waals surface area contributed by atoms with Crippen LogP contribution in [0.15, 0.2) is 0 Å². The quantitative estimate of drug-likeness (QED) is 0.187. The molecule has 0 heterocycles. The third-order valence-corrected chi connectivity index (χ3v) is 5.66. The zero-order valence-corrected chi connectivity index (χ0v) is 24.1. The Bertz CT molecular complexity index is 293. The number of aliphatic hydroxyl groups is 1. The highest BCUT2D eigenvalue weighted by atomic mass is 79.9. The summed E-state index contributed by atoms with van der Waals surface area (Å²) in [5, 5.41) is 8.85. The van der Waals surface area contributed by atoms with Gasteiger partial charge in [-0.05, 0) is 26.2 Å². The normalized spacial score (nSPS) is 11.7. The van der Waals surface area contributed by atoms with Gasteiger partial charge in [0, 0.05) is 0 Å².